The van der Waals surface area contributed by atoms with Crippen molar-refractivity contribution in [2.45, 2.75) is 6.61 Å². The van der Waals surface area contributed by atoms with Gasteiger partial charge in [0.1, 0.15) is 12.4 Å². The lowest BCUT2D eigenvalue weighted by Gasteiger charge is -2.11. The number of carbonyl (C=O) groups is 1. The van der Waals surface area contributed by atoms with Crippen molar-refractivity contribution >= 4 is 23.5 Å². The van der Waals surface area contributed by atoms with Gasteiger partial charge in [0.15, 0.2) is 11.5 Å². The van der Waals surface area contributed by atoms with E-state index in [9.17, 15) is 19.3 Å². The van der Waals surface area contributed by atoms with Gasteiger partial charge in [-0.3, -0.25) is 14.9 Å². The van der Waals surface area contributed by atoms with Crippen LogP contribution < -0.4 is 20.2 Å². The van der Waals surface area contributed by atoms with Crippen LogP contribution in [0.4, 0.5) is 15.8 Å². The van der Waals surface area contributed by atoms with Crippen molar-refractivity contribution in [3.63, 3.8) is 0 Å². The predicted octanol–water partition coefficient (Wildman–Crippen LogP) is 3.88. The van der Waals surface area contributed by atoms with E-state index in [1.54, 1.807) is 30.3 Å². The average molecular weight is 452 g/mol. The summed E-state index contributed by atoms with van der Waals surface area (Å²) < 4.78 is 24.0. The van der Waals surface area contributed by atoms with Crippen molar-refractivity contribution in [1.82, 2.24) is 5.43 Å². The number of halogens is 1. The van der Waals surface area contributed by atoms with Crippen LogP contribution in [0.25, 0.3) is 0 Å². The number of hydrazone groups is 1. The molecule has 170 valence electrons. The highest BCUT2D eigenvalue weighted by Crippen LogP contribution is 2.28. The third kappa shape index (κ3) is 7.03. The molecule has 9 nitrogen and oxygen atoms in total. The molecule has 0 saturated carbocycles. The molecule has 0 unspecified atom stereocenters. The molecule has 33 heavy (non-hydrogen) atoms. The Morgan fingerprint density at radius 2 is 1.82 bits per heavy atom. The first-order valence-corrected chi connectivity index (χ1v) is 9.80. The molecular weight excluding hydrogens is 431 g/mol. The molecule has 0 aliphatic rings. The second-order valence-electron chi connectivity index (χ2n) is 6.78. The fraction of sp³-hybridized carbons (Fsp3) is 0.130. The molecule has 0 aliphatic carbocycles. The smallest absolute Gasteiger partial charge is 0.269 e. The van der Waals surface area contributed by atoms with Crippen molar-refractivity contribution in [3.8, 4) is 11.5 Å². The molecule has 0 saturated heterocycles. The van der Waals surface area contributed by atoms with Crippen LogP contribution in [0.2, 0.25) is 0 Å². The standard InChI is InChI=1S/C23H21FN4O5/c1-32-22-12-17(13-26-27-23(29)14-25-19-7-5-18(24)6-8-19)4-11-21(22)33-15-16-2-9-20(10-3-16)28(30)31/h2-13,25H,14-15H2,1H3,(H,27,29)/b26-13-. The van der Waals surface area contributed by atoms with E-state index in [0.717, 1.165) is 5.56 Å². The van der Waals surface area contributed by atoms with Gasteiger partial charge in [0.2, 0.25) is 0 Å². The fourth-order valence-electron chi connectivity index (χ4n) is 2.73. The Kier molecular flexibility index (Phi) is 7.90. The molecule has 0 bridgehead atoms. The van der Waals surface area contributed by atoms with Crippen molar-refractivity contribution in [1.29, 1.82) is 0 Å². The predicted molar refractivity (Wildman–Crippen MR) is 121 cm³/mol. The Bertz CT molecular complexity index is 1130. The third-order valence-electron chi connectivity index (χ3n) is 4.43. The summed E-state index contributed by atoms with van der Waals surface area (Å²) in [7, 11) is 1.50. The summed E-state index contributed by atoms with van der Waals surface area (Å²) in [6.45, 7) is 0.181. The Labute approximate surface area is 189 Å². The maximum Gasteiger partial charge on any atom is 0.269 e. The zero-order chi connectivity index (χ0) is 23.6. The van der Waals surface area contributed by atoms with Gasteiger partial charge in [0.25, 0.3) is 11.6 Å². The number of methoxy groups -OCH3 is 1. The number of benzene rings is 3. The van der Waals surface area contributed by atoms with Gasteiger partial charge in [0, 0.05) is 17.8 Å². The van der Waals surface area contributed by atoms with Crippen LogP contribution in [0.15, 0.2) is 71.8 Å². The van der Waals surface area contributed by atoms with Crippen LogP contribution in [-0.2, 0) is 11.4 Å². The fourth-order valence-corrected chi connectivity index (χ4v) is 2.73. The number of carbonyl (C=O) groups excluding carboxylic acids is 1. The van der Waals surface area contributed by atoms with Gasteiger partial charge >= 0.3 is 0 Å². The van der Waals surface area contributed by atoms with E-state index in [-0.39, 0.29) is 30.6 Å². The topological polar surface area (TPSA) is 115 Å². The molecule has 3 aromatic rings. The number of rotatable bonds is 10. The van der Waals surface area contributed by atoms with Crippen LogP contribution in [0.5, 0.6) is 11.5 Å². The maximum atomic E-state index is 12.9. The summed E-state index contributed by atoms with van der Waals surface area (Å²) in [6.07, 6.45) is 1.46. The zero-order valence-corrected chi connectivity index (χ0v) is 17.7. The second-order valence-corrected chi connectivity index (χ2v) is 6.78. The first-order valence-electron chi connectivity index (χ1n) is 9.80. The Hall–Kier alpha value is -4.47. The van der Waals surface area contributed by atoms with Gasteiger partial charge in [-0.05, 0) is 65.7 Å². The van der Waals surface area contributed by atoms with E-state index >= 15 is 0 Å². The van der Waals surface area contributed by atoms with E-state index in [0.29, 0.717) is 22.7 Å². The SMILES string of the molecule is COc1cc(/C=N\NC(=O)CNc2ccc(F)cc2)ccc1OCc1ccc([N+](=O)[O-])cc1. The highest BCUT2D eigenvalue weighted by Gasteiger charge is 2.08. The minimum atomic E-state index is -0.460. The molecule has 0 radical (unpaired) electrons. The Morgan fingerprint density at radius 3 is 2.48 bits per heavy atom. The zero-order valence-electron chi connectivity index (χ0n) is 17.7. The van der Waals surface area contributed by atoms with Crippen molar-refractivity contribution in [2.75, 3.05) is 19.0 Å². The van der Waals surface area contributed by atoms with E-state index in [2.05, 4.69) is 15.8 Å². The molecule has 0 aromatic heterocycles. The summed E-state index contributed by atoms with van der Waals surface area (Å²) >= 11 is 0. The molecule has 3 aromatic carbocycles. The lowest BCUT2D eigenvalue weighted by molar-refractivity contribution is -0.384. The molecular formula is C23H21FN4O5. The summed E-state index contributed by atoms with van der Waals surface area (Å²) in [5.41, 5.74) is 4.46. The lowest BCUT2D eigenvalue weighted by atomic mass is 10.2. The summed E-state index contributed by atoms with van der Waals surface area (Å²) in [5.74, 6) is 0.226. The van der Waals surface area contributed by atoms with Crippen LogP contribution >= 0.6 is 0 Å². The molecule has 0 spiro atoms. The summed E-state index contributed by atoms with van der Waals surface area (Å²) in [4.78, 5) is 22.2. The number of hydrogen-bond donors (Lipinski definition) is 2. The molecule has 0 heterocycles. The van der Waals surface area contributed by atoms with Crippen LogP contribution in [0.3, 0.4) is 0 Å². The molecule has 0 atom stereocenters. The molecule has 10 heteroatoms. The van der Waals surface area contributed by atoms with Crippen molar-refractivity contribution in [2.24, 2.45) is 5.10 Å². The number of hydrogen-bond acceptors (Lipinski definition) is 7. The minimum absolute atomic E-state index is 0.0123. The average Bonchev–Trinajstić information content (AvgIpc) is 2.83. The normalized spacial score (nSPS) is 10.6. The minimum Gasteiger partial charge on any atom is -0.493 e. The maximum absolute atomic E-state index is 12.9. The molecule has 0 fully saturated rings. The van der Waals surface area contributed by atoms with Crippen molar-refractivity contribution < 1.29 is 23.6 Å². The molecule has 0 aliphatic heterocycles. The van der Waals surface area contributed by atoms with Gasteiger partial charge in [-0.15, -0.1) is 0 Å². The first kappa shape index (κ1) is 23.2. The number of nitrogens with one attached hydrogen (secondary N) is 2. The van der Waals surface area contributed by atoms with E-state index in [4.69, 9.17) is 9.47 Å². The van der Waals surface area contributed by atoms with Crippen LogP contribution in [0.1, 0.15) is 11.1 Å². The lowest BCUT2D eigenvalue weighted by Crippen LogP contribution is -2.25. The summed E-state index contributed by atoms with van der Waals surface area (Å²) in [5, 5.41) is 17.5. The van der Waals surface area contributed by atoms with Gasteiger partial charge in [-0.1, -0.05) is 0 Å². The van der Waals surface area contributed by atoms with Gasteiger partial charge in [0.05, 0.1) is 24.8 Å². The number of ether oxygens (including phenoxy) is 2. The van der Waals surface area contributed by atoms with Crippen LogP contribution in [0, 0.1) is 15.9 Å². The molecule has 2 N–H and O–H groups in total. The van der Waals surface area contributed by atoms with Gasteiger partial charge < -0.3 is 14.8 Å². The van der Waals surface area contributed by atoms with E-state index in [1.165, 1.54) is 49.7 Å². The number of nitro groups is 1. The largest absolute Gasteiger partial charge is 0.493 e. The highest BCUT2D eigenvalue weighted by molar-refractivity contribution is 5.84. The molecule has 3 rings (SSSR count). The number of nitro benzene ring substituents is 1. The number of amides is 1. The Balaban J connectivity index is 1.51. The number of anilines is 1. The van der Waals surface area contributed by atoms with E-state index < -0.39 is 4.92 Å². The monoisotopic (exact) mass is 452 g/mol. The van der Waals surface area contributed by atoms with Gasteiger partial charge in [-0.2, -0.15) is 5.10 Å². The second kappa shape index (κ2) is 11.2. The first-order chi connectivity index (χ1) is 15.9. The third-order valence-corrected chi connectivity index (χ3v) is 4.43. The van der Waals surface area contributed by atoms with Gasteiger partial charge in [-0.25, -0.2) is 9.82 Å². The Morgan fingerprint density at radius 1 is 1.09 bits per heavy atom. The van der Waals surface area contributed by atoms with E-state index in [1.807, 2.05) is 0 Å². The highest BCUT2D eigenvalue weighted by atomic mass is 19.1. The van der Waals surface area contributed by atoms with Crippen LogP contribution in [-0.4, -0.2) is 30.7 Å². The molecule has 1 amide bonds. The quantitative estimate of drug-likeness (QED) is 0.274. The summed E-state index contributed by atoms with van der Waals surface area (Å²) in [6, 6.07) is 16.9. The number of nitrogens with zero attached hydrogens (tertiary/aromatic N) is 2. The number of non-ortho nitro benzene ring substituents is 1. The van der Waals surface area contributed by atoms with Crippen molar-refractivity contribution in [3.05, 3.63) is 93.8 Å².